The van der Waals surface area contributed by atoms with Gasteiger partial charge >= 0.3 is 0 Å². The Morgan fingerprint density at radius 3 is 2.56 bits per heavy atom. The third-order valence-electron chi connectivity index (χ3n) is 8.26. The summed E-state index contributed by atoms with van der Waals surface area (Å²) in [6, 6.07) is 12.3. The molecule has 2 saturated heterocycles. The Bertz CT molecular complexity index is 1000. The van der Waals surface area contributed by atoms with E-state index < -0.39 is 0 Å². The molecule has 1 aliphatic carbocycles. The van der Waals surface area contributed by atoms with Crippen molar-refractivity contribution in [2.45, 2.75) is 57.3 Å². The average Bonchev–Trinajstić information content (AvgIpc) is 3.37. The largest absolute Gasteiger partial charge is 0.381 e. The van der Waals surface area contributed by atoms with Gasteiger partial charge in [0.15, 0.2) is 5.69 Å². The van der Waals surface area contributed by atoms with Crippen molar-refractivity contribution in [3.63, 3.8) is 0 Å². The monoisotopic (exact) mass is 465 g/mol. The second-order valence-corrected chi connectivity index (χ2v) is 10.3. The molecule has 7 nitrogen and oxygen atoms in total. The summed E-state index contributed by atoms with van der Waals surface area (Å²) < 4.78 is 10.9. The molecule has 182 valence electrons. The summed E-state index contributed by atoms with van der Waals surface area (Å²) in [5.74, 6) is 0.922. The maximum atomic E-state index is 13.2. The number of likely N-dealkylation sites (tertiary alicyclic amines) is 1. The van der Waals surface area contributed by atoms with Crippen molar-refractivity contribution < 1.29 is 18.8 Å². The van der Waals surface area contributed by atoms with Gasteiger partial charge in [-0.15, -0.1) is 0 Å². The summed E-state index contributed by atoms with van der Waals surface area (Å²) in [4.78, 5) is 27.8. The fourth-order valence-electron chi connectivity index (χ4n) is 5.87. The van der Waals surface area contributed by atoms with Crippen LogP contribution < -0.4 is 5.32 Å². The number of hydrogen-bond donors (Lipinski definition) is 1. The van der Waals surface area contributed by atoms with Crippen LogP contribution in [0.25, 0.3) is 0 Å². The first kappa shape index (κ1) is 23.1. The van der Waals surface area contributed by atoms with E-state index in [-0.39, 0.29) is 28.6 Å². The van der Waals surface area contributed by atoms with Crippen LogP contribution in [0.1, 0.15) is 67.3 Å². The first-order valence-electron chi connectivity index (χ1n) is 12.7. The third-order valence-corrected chi connectivity index (χ3v) is 8.26. The standard InChI is InChI=1S/C27H35N3O4/c1-2-6-21-17-23(29-34-21)25(32)30-13-9-26(10-14-30)18-22(26)24(31)28-19-27(11-15-33-16-12-27)20-7-4-3-5-8-20/h3-5,7-8,17,22H,2,6,9-16,18-19H2,1H3,(H,28,31)/t22-/m1/s1. The fraction of sp³-hybridized carbons (Fsp3) is 0.593. The molecule has 0 radical (unpaired) electrons. The Kier molecular flexibility index (Phi) is 6.47. The van der Waals surface area contributed by atoms with E-state index >= 15 is 0 Å². The lowest BCUT2D eigenvalue weighted by Crippen LogP contribution is -2.46. The molecule has 5 rings (SSSR count). The van der Waals surface area contributed by atoms with Gasteiger partial charge in [-0.05, 0) is 49.5 Å². The zero-order chi connectivity index (χ0) is 23.6. The molecule has 1 atom stereocenters. The molecule has 3 heterocycles. The molecule has 3 fully saturated rings. The van der Waals surface area contributed by atoms with E-state index in [4.69, 9.17) is 9.26 Å². The molecule has 0 bridgehead atoms. The molecule has 1 N–H and O–H groups in total. The molecular formula is C27H35N3O4. The minimum Gasteiger partial charge on any atom is -0.381 e. The number of rotatable bonds is 7. The molecule has 1 aromatic carbocycles. The van der Waals surface area contributed by atoms with Crippen molar-refractivity contribution in [1.82, 2.24) is 15.4 Å². The molecular weight excluding hydrogens is 430 g/mol. The highest BCUT2D eigenvalue weighted by Gasteiger charge is 2.59. The van der Waals surface area contributed by atoms with Gasteiger partial charge in [0.25, 0.3) is 5.91 Å². The van der Waals surface area contributed by atoms with Crippen LogP contribution in [-0.4, -0.2) is 54.7 Å². The van der Waals surface area contributed by atoms with Gasteiger partial charge in [-0.25, -0.2) is 0 Å². The second kappa shape index (κ2) is 9.53. The SMILES string of the molecule is CCCc1cc(C(=O)N2CCC3(CC2)C[C@@H]3C(=O)NCC2(c3ccccc3)CCOCC2)no1. The van der Waals surface area contributed by atoms with Crippen LogP contribution in [0.5, 0.6) is 0 Å². The van der Waals surface area contributed by atoms with E-state index in [1.54, 1.807) is 6.07 Å². The van der Waals surface area contributed by atoms with E-state index in [0.717, 1.165) is 63.9 Å². The van der Waals surface area contributed by atoms with Gasteiger partial charge in [-0.1, -0.05) is 42.4 Å². The number of amides is 2. The van der Waals surface area contributed by atoms with Crippen LogP contribution in [0.4, 0.5) is 0 Å². The first-order valence-corrected chi connectivity index (χ1v) is 12.7. The average molecular weight is 466 g/mol. The zero-order valence-electron chi connectivity index (χ0n) is 20.1. The number of nitrogens with one attached hydrogen (secondary N) is 1. The number of benzene rings is 1. The Morgan fingerprint density at radius 2 is 1.85 bits per heavy atom. The number of aromatic nitrogens is 1. The highest BCUT2D eigenvalue weighted by atomic mass is 16.5. The maximum Gasteiger partial charge on any atom is 0.276 e. The highest BCUT2D eigenvalue weighted by Crippen LogP contribution is 2.59. The van der Waals surface area contributed by atoms with Crippen molar-refractivity contribution in [1.29, 1.82) is 0 Å². The quantitative estimate of drug-likeness (QED) is 0.674. The summed E-state index contributed by atoms with van der Waals surface area (Å²) in [7, 11) is 0. The molecule has 1 spiro atoms. The Hall–Kier alpha value is -2.67. The van der Waals surface area contributed by atoms with E-state index in [2.05, 4.69) is 41.7 Å². The fourth-order valence-corrected chi connectivity index (χ4v) is 5.87. The van der Waals surface area contributed by atoms with Crippen molar-refractivity contribution >= 4 is 11.8 Å². The number of carbonyl (C=O) groups is 2. The van der Waals surface area contributed by atoms with Crippen molar-refractivity contribution in [3.8, 4) is 0 Å². The van der Waals surface area contributed by atoms with Crippen LogP contribution in [0, 0.1) is 11.3 Å². The van der Waals surface area contributed by atoms with Crippen LogP contribution in [0.15, 0.2) is 40.9 Å². The molecule has 0 unspecified atom stereocenters. The third kappa shape index (κ3) is 4.50. The van der Waals surface area contributed by atoms with Gasteiger partial charge in [0.05, 0.1) is 0 Å². The predicted molar refractivity (Wildman–Crippen MR) is 127 cm³/mol. The molecule has 34 heavy (non-hydrogen) atoms. The van der Waals surface area contributed by atoms with Crippen LogP contribution in [-0.2, 0) is 21.4 Å². The highest BCUT2D eigenvalue weighted by molar-refractivity contribution is 5.92. The minimum atomic E-state index is -0.0630. The molecule has 1 aromatic heterocycles. The van der Waals surface area contributed by atoms with E-state index in [9.17, 15) is 9.59 Å². The minimum absolute atomic E-state index is 0.0493. The van der Waals surface area contributed by atoms with Crippen LogP contribution >= 0.6 is 0 Å². The van der Waals surface area contributed by atoms with Gasteiger partial charge in [0, 0.05) is 56.7 Å². The van der Waals surface area contributed by atoms with Gasteiger partial charge in [-0.2, -0.15) is 0 Å². The number of carbonyl (C=O) groups excluding carboxylic acids is 2. The number of ether oxygens (including phenoxy) is 1. The van der Waals surface area contributed by atoms with E-state index in [1.165, 1.54) is 5.56 Å². The molecule has 2 amide bonds. The van der Waals surface area contributed by atoms with Gasteiger partial charge in [0.2, 0.25) is 5.91 Å². The van der Waals surface area contributed by atoms with E-state index in [0.29, 0.717) is 25.3 Å². The van der Waals surface area contributed by atoms with Gasteiger partial charge < -0.3 is 19.5 Å². The van der Waals surface area contributed by atoms with Crippen molar-refractivity contribution in [3.05, 3.63) is 53.4 Å². The van der Waals surface area contributed by atoms with Gasteiger partial charge in [-0.3, -0.25) is 9.59 Å². The molecule has 2 aromatic rings. The van der Waals surface area contributed by atoms with Crippen molar-refractivity contribution in [2.24, 2.45) is 11.3 Å². The Balaban J connectivity index is 1.15. The number of aryl methyl sites for hydroxylation is 1. The lowest BCUT2D eigenvalue weighted by Gasteiger charge is -2.38. The number of hydrogen-bond acceptors (Lipinski definition) is 5. The summed E-state index contributed by atoms with van der Waals surface area (Å²) in [5, 5.41) is 7.27. The first-order chi connectivity index (χ1) is 16.6. The smallest absolute Gasteiger partial charge is 0.276 e. The second-order valence-electron chi connectivity index (χ2n) is 10.3. The molecule has 3 aliphatic rings. The summed E-state index contributed by atoms with van der Waals surface area (Å²) in [6.45, 7) is 5.53. The normalized spacial score (nSPS) is 23.0. The number of piperidine rings is 1. The zero-order valence-corrected chi connectivity index (χ0v) is 20.1. The van der Waals surface area contributed by atoms with Gasteiger partial charge in [0.1, 0.15) is 5.76 Å². The predicted octanol–water partition coefficient (Wildman–Crippen LogP) is 3.73. The van der Waals surface area contributed by atoms with Crippen LogP contribution in [0.2, 0.25) is 0 Å². The topological polar surface area (TPSA) is 84.7 Å². The Labute approximate surface area is 201 Å². The number of nitrogens with zero attached hydrogens (tertiary/aromatic N) is 2. The van der Waals surface area contributed by atoms with Crippen LogP contribution in [0.3, 0.4) is 0 Å². The Morgan fingerprint density at radius 1 is 1.12 bits per heavy atom. The molecule has 2 aliphatic heterocycles. The maximum absolute atomic E-state index is 13.2. The molecule has 1 saturated carbocycles. The lowest BCUT2D eigenvalue weighted by atomic mass is 9.74. The lowest BCUT2D eigenvalue weighted by molar-refractivity contribution is -0.123. The summed E-state index contributed by atoms with van der Waals surface area (Å²) >= 11 is 0. The van der Waals surface area contributed by atoms with E-state index in [1.807, 2.05) is 11.0 Å². The van der Waals surface area contributed by atoms with Crippen molar-refractivity contribution in [2.75, 3.05) is 32.8 Å². The summed E-state index contributed by atoms with van der Waals surface area (Å²) in [5.41, 5.74) is 1.67. The molecule has 7 heteroatoms. The summed E-state index contributed by atoms with van der Waals surface area (Å²) in [6.07, 6.45) is 6.26.